The Balaban J connectivity index is 1.95. The van der Waals surface area contributed by atoms with Crippen LogP contribution in [0.2, 0.25) is 0 Å². The van der Waals surface area contributed by atoms with Crippen LogP contribution in [-0.4, -0.2) is 35.6 Å². The van der Waals surface area contributed by atoms with Gasteiger partial charge in [0, 0.05) is 24.6 Å². The number of carbonyl (C=O) groups is 1. The Kier molecular flexibility index (Phi) is 5.34. The Hall–Kier alpha value is -2.64. The highest BCUT2D eigenvalue weighted by atomic mass is 19.4. The van der Waals surface area contributed by atoms with Crippen molar-refractivity contribution in [2.75, 3.05) is 18.6 Å². The van der Waals surface area contributed by atoms with Crippen LogP contribution in [0.5, 0.6) is 0 Å². The van der Waals surface area contributed by atoms with E-state index in [1.807, 2.05) is 13.0 Å². The van der Waals surface area contributed by atoms with E-state index in [9.17, 15) is 18.0 Å². The van der Waals surface area contributed by atoms with Crippen LogP contribution < -0.4 is 4.90 Å². The van der Waals surface area contributed by atoms with E-state index in [0.29, 0.717) is 18.5 Å². The van der Waals surface area contributed by atoms with Crippen LogP contribution in [0.15, 0.2) is 30.3 Å². The second-order valence-corrected chi connectivity index (χ2v) is 6.54. The summed E-state index contributed by atoms with van der Waals surface area (Å²) in [5, 5.41) is 0. The fraction of sp³-hybridized carbons (Fsp3) is 0.421. The smallest absolute Gasteiger partial charge is 0.433 e. The lowest BCUT2D eigenvalue weighted by atomic mass is 10.0. The highest BCUT2D eigenvalue weighted by molar-refractivity contribution is 5.69. The summed E-state index contributed by atoms with van der Waals surface area (Å²) in [6.45, 7) is 2.57. The van der Waals surface area contributed by atoms with Crippen LogP contribution in [0.3, 0.4) is 0 Å². The third-order valence-electron chi connectivity index (χ3n) is 4.65. The highest BCUT2D eigenvalue weighted by Crippen LogP contribution is 2.33. The molecule has 8 heteroatoms. The number of esters is 1. The van der Waals surface area contributed by atoms with Crippen molar-refractivity contribution in [1.29, 1.82) is 0 Å². The van der Waals surface area contributed by atoms with Gasteiger partial charge >= 0.3 is 12.1 Å². The fourth-order valence-electron chi connectivity index (χ4n) is 2.90. The first-order valence-electron chi connectivity index (χ1n) is 8.67. The summed E-state index contributed by atoms with van der Waals surface area (Å²) in [6, 6.07) is 8.09. The number of hydrogen-bond acceptors (Lipinski definition) is 5. The zero-order valence-electron chi connectivity index (χ0n) is 15.1. The number of ether oxygens (including phenoxy) is 1. The summed E-state index contributed by atoms with van der Waals surface area (Å²) in [5.74, 6) is -0.241. The second kappa shape index (κ2) is 7.54. The molecule has 3 rings (SSSR count). The van der Waals surface area contributed by atoms with Crippen molar-refractivity contribution < 1.29 is 22.7 Å². The van der Waals surface area contributed by atoms with E-state index in [4.69, 9.17) is 0 Å². The first-order valence-corrected chi connectivity index (χ1v) is 8.67. The molecule has 27 heavy (non-hydrogen) atoms. The van der Waals surface area contributed by atoms with Gasteiger partial charge in [-0.05, 0) is 37.5 Å². The van der Waals surface area contributed by atoms with Gasteiger partial charge in [0.25, 0.3) is 0 Å². The van der Waals surface area contributed by atoms with E-state index in [0.717, 1.165) is 18.1 Å². The lowest BCUT2D eigenvalue weighted by Gasteiger charge is -2.39. The van der Waals surface area contributed by atoms with Crippen LogP contribution in [-0.2, 0) is 22.1 Å². The molecule has 0 amide bonds. The van der Waals surface area contributed by atoms with Gasteiger partial charge in [0.2, 0.25) is 5.95 Å². The predicted molar refractivity (Wildman–Crippen MR) is 94.2 cm³/mol. The summed E-state index contributed by atoms with van der Waals surface area (Å²) in [7, 11) is 1.32. The number of halogens is 3. The number of alkyl halides is 3. The number of hydrogen-bond donors (Lipinski definition) is 0. The lowest BCUT2D eigenvalue weighted by Crippen LogP contribution is -2.46. The van der Waals surface area contributed by atoms with Crippen molar-refractivity contribution in [1.82, 2.24) is 9.97 Å². The maximum atomic E-state index is 13.3. The zero-order chi connectivity index (χ0) is 19.6. The van der Waals surface area contributed by atoms with Crippen molar-refractivity contribution in [3.8, 4) is 11.3 Å². The van der Waals surface area contributed by atoms with Crippen LogP contribution in [0.25, 0.3) is 11.3 Å². The number of aryl methyl sites for hydroxylation is 1. The SMILES string of the molecule is COC(=O)CCc1cccc(-c2cc(C(F)(F)F)nc(N3CC[C@@H]3C)n2)c1. The Bertz CT molecular complexity index is 839. The molecule has 5 nitrogen and oxygen atoms in total. The van der Waals surface area contributed by atoms with E-state index < -0.39 is 11.9 Å². The quantitative estimate of drug-likeness (QED) is 0.739. The first kappa shape index (κ1) is 19.1. The summed E-state index contributed by atoms with van der Waals surface area (Å²) in [5.41, 5.74) is 0.636. The molecule has 0 spiro atoms. The molecular weight excluding hydrogens is 359 g/mol. The third kappa shape index (κ3) is 4.37. The number of methoxy groups -OCH3 is 1. The van der Waals surface area contributed by atoms with Gasteiger partial charge in [0.1, 0.15) is 0 Å². The molecule has 2 aromatic rings. The monoisotopic (exact) mass is 379 g/mol. The number of anilines is 1. The number of carbonyl (C=O) groups excluding carboxylic acids is 1. The number of aromatic nitrogens is 2. The van der Waals surface area contributed by atoms with Crippen molar-refractivity contribution >= 4 is 11.9 Å². The zero-order valence-corrected chi connectivity index (χ0v) is 15.1. The lowest BCUT2D eigenvalue weighted by molar-refractivity contribution is -0.141. The van der Waals surface area contributed by atoms with E-state index in [1.165, 1.54) is 7.11 Å². The van der Waals surface area contributed by atoms with Gasteiger partial charge < -0.3 is 9.64 Å². The van der Waals surface area contributed by atoms with Crippen molar-refractivity contribution in [2.45, 2.75) is 38.4 Å². The Labute approximate surface area is 155 Å². The van der Waals surface area contributed by atoms with Gasteiger partial charge in [-0.25, -0.2) is 9.97 Å². The Morgan fingerprint density at radius 1 is 1.30 bits per heavy atom. The average molecular weight is 379 g/mol. The minimum atomic E-state index is -4.55. The molecule has 144 valence electrons. The first-order chi connectivity index (χ1) is 12.8. The second-order valence-electron chi connectivity index (χ2n) is 6.54. The maximum Gasteiger partial charge on any atom is 0.433 e. The molecule has 1 fully saturated rings. The van der Waals surface area contributed by atoms with Crippen LogP contribution in [0.4, 0.5) is 19.1 Å². The minimum absolute atomic E-state index is 0.0959. The van der Waals surface area contributed by atoms with Crippen molar-refractivity contribution in [3.05, 3.63) is 41.6 Å². The number of rotatable bonds is 5. The molecule has 1 aromatic carbocycles. The third-order valence-corrected chi connectivity index (χ3v) is 4.65. The number of benzene rings is 1. The largest absolute Gasteiger partial charge is 0.469 e. The van der Waals surface area contributed by atoms with Gasteiger partial charge in [0.05, 0.1) is 12.8 Å². The molecule has 1 aliphatic rings. The van der Waals surface area contributed by atoms with Crippen LogP contribution >= 0.6 is 0 Å². The molecule has 1 aromatic heterocycles. The summed E-state index contributed by atoms with van der Waals surface area (Å²) < 4.78 is 44.6. The summed E-state index contributed by atoms with van der Waals surface area (Å²) in [4.78, 5) is 21.2. The maximum absolute atomic E-state index is 13.3. The van der Waals surface area contributed by atoms with E-state index >= 15 is 0 Å². The molecule has 0 saturated carbocycles. The summed E-state index contributed by atoms with van der Waals surface area (Å²) in [6.07, 6.45) is -3.01. The van der Waals surface area contributed by atoms with Crippen molar-refractivity contribution in [2.24, 2.45) is 0 Å². The molecule has 1 saturated heterocycles. The Morgan fingerprint density at radius 2 is 2.07 bits per heavy atom. The molecule has 0 unspecified atom stereocenters. The topological polar surface area (TPSA) is 55.3 Å². The van der Waals surface area contributed by atoms with Crippen LogP contribution in [0.1, 0.15) is 31.0 Å². The summed E-state index contributed by atoms with van der Waals surface area (Å²) >= 11 is 0. The normalized spacial score (nSPS) is 16.8. The number of nitrogens with zero attached hydrogens (tertiary/aromatic N) is 3. The highest BCUT2D eigenvalue weighted by Gasteiger charge is 2.35. The molecule has 0 radical (unpaired) electrons. The van der Waals surface area contributed by atoms with Gasteiger partial charge in [-0.15, -0.1) is 0 Å². The van der Waals surface area contributed by atoms with Gasteiger partial charge in [0.15, 0.2) is 5.69 Å². The fourth-order valence-corrected chi connectivity index (χ4v) is 2.90. The average Bonchev–Trinajstić information content (AvgIpc) is 2.64. The van der Waals surface area contributed by atoms with Gasteiger partial charge in [-0.1, -0.05) is 18.2 Å². The molecule has 1 atom stereocenters. The van der Waals surface area contributed by atoms with E-state index in [1.54, 1.807) is 23.1 Å². The molecule has 0 N–H and O–H groups in total. The van der Waals surface area contributed by atoms with E-state index in [2.05, 4.69) is 14.7 Å². The predicted octanol–water partition coefficient (Wildman–Crippen LogP) is 3.87. The van der Waals surface area contributed by atoms with Gasteiger partial charge in [-0.2, -0.15) is 13.2 Å². The standard InChI is InChI=1S/C19H20F3N3O2/c1-12-8-9-25(12)18-23-15(11-16(24-18)19(20,21)22)14-5-3-4-13(10-14)6-7-17(26)27-2/h3-5,10-12H,6-9H2,1-2H3/t12-/m0/s1. The molecule has 0 bridgehead atoms. The Morgan fingerprint density at radius 3 is 2.67 bits per heavy atom. The molecule has 0 aliphatic carbocycles. The molecule has 1 aliphatic heterocycles. The van der Waals surface area contributed by atoms with Crippen molar-refractivity contribution in [3.63, 3.8) is 0 Å². The molecular formula is C19H20F3N3O2. The minimum Gasteiger partial charge on any atom is -0.469 e. The van der Waals surface area contributed by atoms with Gasteiger partial charge in [-0.3, -0.25) is 4.79 Å². The molecule has 2 heterocycles. The van der Waals surface area contributed by atoms with E-state index in [-0.39, 0.29) is 30.1 Å². The van der Waals surface area contributed by atoms with Crippen LogP contribution in [0, 0.1) is 0 Å².